The SMILES string of the molecule is CNC(CCC#N)c1ccc(Cl)s1. The zero-order valence-corrected chi connectivity index (χ0v) is 8.95. The van der Waals surface area contributed by atoms with Gasteiger partial charge < -0.3 is 5.32 Å². The van der Waals surface area contributed by atoms with E-state index in [1.165, 1.54) is 4.88 Å². The summed E-state index contributed by atoms with van der Waals surface area (Å²) >= 11 is 7.39. The van der Waals surface area contributed by atoms with E-state index < -0.39 is 0 Å². The third-order valence-electron chi connectivity index (χ3n) is 1.83. The van der Waals surface area contributed by atoms with Crippen LogP contribution in [-0.4, -0.2) is 7.05 Å². The van der Waals surface area contributed by atoms with Crippen LogP contribution in [0.1, 0.15) is 23.8 Å². The van der Waals surface area contributed by atoms with E-state index in [1.54, 1.807) is 11.3 Å². The van der Waals surface area contributed by atoms with Crippen LogP contribution in [0, 0.1) is 11.3 Å². The monoisotopic (exact) mass is 214 g/mol. The Labute approximate surface area is 87.1 Å². The fourth-order valence-electron chi connectivity index (χ4n) is 1.15. The van der Waals surface area contributed by atoms with Gasteiger partial charge in [0.15, 0.2) is 0 Å². The van der Waals surface area contributed by atoms with Crippen molar-refractivity contribution in [2.24, 2.45) is 0 Å². The van der Waals surface area contributed by atoms with Crippen LogP contribution in [0.4, 0.5) is 0 Å². The van der Waals surface area contributed by atoms with Crippen LogP contribution < -0.4 is 5.32 Å². The Morgan fingerprint density at radius 3 is 2.92 bits per heavy atom. The van der Waals surface area contributed by atoms with Crippen LogP contribution in [-0.2, 0) is 0 Å². The molecule has 0 aromatic carbocycles. The number of hydrogen-bond donors (Lipinski definition) is 1. The first-order valence-corrected chi connectivity index (χ1v) is 5.27. The van der Waals surface area contributed by atoms with Crippen LogP contribution in [0.15, 0.2) is 12.1 Å². The molecule has 0 aliphatic rings. The zero-order chi connectivity index (χ0) is 9.68. The molecule has 0 radical (unpaired) electrons. The van der Waals surface area contributed by atoms with Crippen molar-refractivity contribution < 1.29 is 0 Å². The van der Waals surface area contributed by atoms with E-state index in [1.807, 2.05) is 19.2 Å². The molecule has 1 heterocycles. The molecular formula is C9H11ClN2S. The fourth-order valence-corrected chi connectivity index (χ4v) is 2.36. The Morgan fingerprint density at radius 2 is 2.46 bits per heavy atom. The molecule has 0 saturated heterocycles. The minimum absolute atomic E-state index is 0.261. The van der Waals surface area contributed by atoms with Gasteiger partial charge in [0.1, 0.15) is 0 Å². The highest BCUT2D eigenvalue weighted by molar-refractivity contribution is 7.16. The maximum absolute atomic E-state index is 8.46. The van der Waals surface area contributed by atoms with Gasteiger partial charge >= 0.3 is 0 Å². The van der Waals surface area contributed by atoms with Gasteiger partial charge in [0.2, 0.25) is 0 Å². The highest BCUT2D eigenvalue weighted by Gasteiger charge is 2.10. The topological polar surface area (TPSA) is 35.8 Å². The van der Waals surface area contributed by atoms with Crippen molar-refractivity contribution in [2.75, 3.05) is 7.05 Å². The zero-order valence-electron chi connectivity index (χ0n) is 7.38. The Morgan fingerprint density at radius 1 is 1.69 bits per heavy atom. The molecular weight excluding hydrogens is 204 g/mol. The molecule has 4 heteroatoms. The van der Waals surface area contributed by atoms with E-state index in [0.29, 0.717) is 6.42 Å². The quantitative estimate of drug-likeness (QED) is 0.837. The summed E-state index contributed by atoms with van der Waals surface area (Å²) in [5, 5.41) is 11.6. The van der Waals surface area contributed by atoms with Crippen LogP contribution in [0.2, 0.25) is 4.34 Å². The summed E-state index contributed by atoms with van der Waals surface area (Å²) in [6.45, 7) is 0. The predicted octanol–water partition coefficient (Wildman–Crippen LogP) is 2.97. The fraction of sp³-hybridized carbons (Fsp3) is 0.444. The smallest absolute Gasteiger partial charge is 0.0931 e. The highest BCUT2D eigenvalue weighted by Crippen LogP contribution is 2.28. The van der Waals surface area contributed by atoms with E-state index in [-0.39, 0.29) is 6.04 Å². The van der Waals surface area contributed by atoms with Crippen molar-refractivity contribution >= 4 is 22.9 Å². The average molecular weight is 215 g/mol. The molecule has 2 nitrogen and oxygen atoms in total. The first kappa shape index (κ1) is 10.5. The minimum atomic E-state index is 0.261. The lowest BCUT2D eigenvalue weighted by atomic mass is 10.1. The van der Waals surface area contributed by atoms with Crippen molar-refractivity contribution in [3.05, 3.63) is 21.3 Å². The number of nitrogens with zero attached hydrogens (tertiary/aromatic N) is 1. The van der Waals surface area contributed by atoms with E-state index >= 15 is 0 Å². The number of rotatable bonds is 4. The lowest BCUT2D eigenvalue weighted by Gasteiger charge is -2.11. The second-order valence-corrected chi connectivity index (χ2v) is 4.43. The van der Waals surface area contributed by atoms with Crippen LogP contribution in [0.25, 0.3) is 0 Å². The van der Waals surface area contributed by atoms with Crippen molar-refractivity contribution in [3.63, 3.8) is 0 Å². The molecule has 13 heavy (non-hydrogen) atoms. The van der Waals surface area contributed by atoms with E-state index in [2.05, 4.69) is 11.4 Å². The highest BCUT2D eigenvalue weighted by atomic mass is 35.5. The molecule has 0 aliphatic carbocycles. The van der Waals surface area contributed by atoms with Gasteiger partial charge in [0.05, 0.1) is 10.4 Å². The molecule has 1 N–H and O–H groups in total. The van der Waals surface area contributed by atoms with Crippen molar-refractivity contribution in [1.29, 1.82) is 5.26 Å². The maximum Gasteiger partial charge on any atom is 0.0931 e. The number of nitriles is 1. The van der Waals surface area contributed by atoms with Gasteiger partial charge in [-0.1, -0.05) is 11.6 Å². The molecule has 1 aromatic rings. The van der Waals surface area contributed by atoms with Gasteiger partial charge in [-0.25, -0.2) is 0 Å². The molecule has 1 atom stereocenters. The summed E-state index contributed by atoms with van der Waals surface area (Å²) in [5.41, 5.74) is 0. The molecule has 0 fully saturated rings. The van der Waals surface area contributed by atoms with Gasteiger partial charge in [0.25, 0.3) is 0 Å². The Balaban J connectivity index is 2.62. The third kappa shape index (κ3) is 3.00. The lowest BCUT2D eigenvalue weighted by Crippen LogP contribution is -2.14. The molecule has 70 valence electrons. The molecule has 1 aromatic heterocycles. The number of thiophene rings is 1. The molecule has 1 rings (SSSR count). The van der Waals surface area contributed by atoms with Gasteiger partial charge in [-0.15, -0.1) is 11.3 Å². The third-order valence-corrected chi connectivity index (χ3v) is 3.18. The maximum atomic E-state index is 8.46. The van der Waals surface area contributed by atoms with Gasteiger partial charge in [-0.05, 0) is 25.6 Å². The summed E-state index contributed by atoms with van der Waals surface area (Å²) in [4.78, 5) is 1.20. The minimum Gasteiger partial charge on any atom is -0.312 e. The molecule has 0 aliphatic heterocycles. The lowest BCUT2D eigenvalue weighted by molar-refractivity contribution is 0.566. The van der Waals surface area contributed by atoms with Gasteiger partial charge in [0, 0.05) is 17.3 Å². The summed E-state index contributed by atoms with van der Waals surface area (Å²) in [6, 6.07) is 6.29. The average Bonchev–Trinajstić information content (AvgIpc) is 2.54. The van der Waals surface area contributed by atoms with E-state index in [4.69, 9.17) is 16.9 Å². The summed E-state index contributed by atoms with van der Waals surface area (Å²) < 4.78 is 0.798. The molecule has 0 bridgehead atoms. The summed E-state index contributed by atoms with van der Waals surface area (Å²) in [7, 11) is 1.90. The predicted molar refractivity (Wildman–Crippen MR) is 56.0 cm³/mol. The van der Waals surface area contributed by atoms with E-state index in [0.717, 1.165) is 10.8 Å². The van der Waals surface area contributed by atoms with Crippen LogP contribution in [0.5, 0.6) is 0 Å². The Bertz CT molecular complexity index is 303. The number of hydrogen-bond acceptors (Lipinski definition) is 3. The molecule has 0 amide bonds. The standard InChI is InChI=1S/C9H11ClN2S/c1-12-7(3-2-6-11)8-4-5-9(10)13-8/h4-5,7,12H,2-3H2,1H3. The Hall–Kier alpha value is -0.560. The van der Waals surface area contributed by atoms with Crippen molar-refractivity contribution in [2.45, 2.75) is 18.9 Å². The summed E-state index contributed by atoms with van der Waals surface area (Å²) in [6.07, 6.45) is 1.41. The van der Waals surface area contributed by atoms with Gasteiger partial charge in [-0.3, -0.25) is 0 Å². The first-order chi connectivity index (χ1) is 6.27. The van der Waals surface area contributed by atoms with Crippen molar-refractivity contribution in [1.82, 2.24) is 5.32 Å². The first-order valence-electron chi connectivity index (χ1n) is 4.07. The molecule has 1 unspecified atom stereocenters. The largest absolute Gasteiger partial charge is 0.312 e. The second kappa shape index (κ2) is 5.23. The molecule has 0 saturated carbocycles. The number of halogens is 1. The van der Waals surface area contributed by atoms with E-state index in [9.17, 15) is 0 Å². The molecule has 0 spiro atoms. The van der Waals surface area contributed by atoms with Gasteiger partial charge in [-0.2, -0.15) is 5.26 Å². The van der Waals surface area contributed by atoms with Crippen LogP contribution >= 0.6 is 22.9 Å². The van der Waals surface area contributed by atoms with Crippen LogP contribution in [0.3, 0.4) is 0 Å². The Kier molecular flexibility index (Phi) is 4.23. The summed E-state index contributed by atoms with van der Waals surface area (Å²) in [5.74, 6) is 0. The van der Waals surface area contributed by atoms with Crippen molar-refractivity contribution in [3.8, 4) is 6.07 Å². The normalized spacial score (nSPS) is 12.4. The second-order valence-electron chi connectivity index (χ2n) is 2.68. The number of nitrogens with one attached hydrogen (secondary N) is 1.